The zero-order valence-electron chi connectivity index (χ0n) is 37.6. The molecule has 3 N–H and O–H groups in total. The molecule has 66 heavy (non-hydrogen) atoms. The minimum atomic E-state index is -0.755. The first kappa shape index (κ1) is 43.2. The molecule has 4 aromatic heterocycles. The van der Waals surface area contributed by atoms with E-state index < -0.39 is 17.8 Å². The van der Waals surface area contributed by atoms with E-state index in [1.165, 1.54) is 26.8 Å². The van der Waals surface area contributed by atoms with Crippen molar-refractivity contribution in [2.75, 3.05) is 41.8 Å². The molecule has 1 atom stereocenters. The Bertz CT molecular complexity index is 2880. The van der Waals surface area contributed by atoms with Crippen LogP contribution in [0.4, 0.5) is 27.4 Å². The maximum Gasteiger partial charge on any atom is 0.276 e. The fraction of sp³-hybridized carbons (Fsp3) is 0.408. The van der Waals surface area contributed by atoms with E-state index in [9.17, 15) is 29.1 Å². The second-order valence-corrected chi connectivity index (χ2v) is 19.2. The second-order valence-electron chi connectivity index (χ2n) is 19.2. The normalized spacial score (nSPS) is 19.4. The lowest BCUT2D eigenvalue weighted by Crippen LogP contribution is -2.52. The fourth-order valence-corrected chi connectivity index (χ4v) is 10.7. The van der Waals surface area contributed by atoms with Crippen molar-refractivity contribution in [1.29, 1.82) is 0 Å². The largest absolute Gasteiger partial charge is 0.392 e. The van der Waals surface area contributed by atoms with Crippen molar-refractivity contribution in [3.8, 4) is 11.1 Å². The van der Waals surface area contributed by atoms with Gasteiger partial charge < -0.3 is 29.4 Å². The highest BCUT2D eigenvalue weighted by Crippen LogP contribution is 2.40. The van der Waals surface area contributed by atoms with Gasteiger partial charge in [-0.05, 0) is 104 Å². The summed E-state index contributed by atoms with van der Waals surface area (Å²) in [6.45, 7) is 7.14. The van der Waals surface area contributed by atoms with Crippen molar-refractivity contribution in [2.45, 2.75) is 90.7 Å². The van der Waals surface area contributed by atoms with E-state index in [2.05, 4.69) is 48.8 Å². The van der Waals surface area contributed by atoms with Crippen molar-refractivity contribution in [2.24, 2.45) is 12.5 Å². The average molecular weight is 897 g/mol. The standard InChI is InChI=1S/C49H53FN10O6/c1-49(2)21-28-20-40-48(66)59(16-15-58(40)41(28)22-49)44-36(27-61)34(9-12-51-44)30-19-38(47(65)56(4)24-30)53-42-7-5-33(23-52-42)57-13-10-32(11-14-57)55(3)25-31-17-35-29(18-37(31)50)26-60(46(35)64)39-6-8-43(62)54-45(39)63/h5,7,9,12,17-20,23-24,32,39,61H,6,8,10-11,13-16,21-22,25-27H2,1-4H3,(H,52,53)(H,54,62,63). The van der Waals surface area contributed by atoms with Crippen LogP contribution in [0.1, 0.15) is 88.3 Å². The van der Waals surface area contributed by atoms with Gasteiger partial charge in [-0.25, -0.2) is 14.4 Å². The molecule has 1 aromatic carbocycles. The average Bonchev–Trinajstić information content (AvgIpc) is 3.91. The molecule has 4 aliphatic heterocycles. The molecular weight excluding hydrogens is 844 g/mol. The molecule has 10 rings (SSSR count). The van der Waals surface area contributed by atoms with Gasteiger partial charge in [0.25, 0.3) is 17.4 Å². The maximum atomic E-state index is 15.4. The topological polar surface area (TPSA) is 178 Å². The molecule has 1 unspecified atom stereocenters. The molecule has 342 valence electrons. The van der Waals surface area contributed by atoms with Crippen LogP contribution in [-0.4, -0.2) is 96.4 Å². The summed E-state index contributed by atoms with van der Waals surface area (Å²) in [6.07, 6.45) is 9.02. The van der Waals surface area contributed by atoms with Gasteiger partial charge in [-0.15, -0.1) is 0 Å². The van der Waals surface area contributed by atoms with Crippen LogP contribution in [0.25, 0.3) is 11.1 Å². The Morgan fingerprint density at radius 3 is 2.47 bits per heavy atom. The first-order chi connectivity index (χ1) is 31.7. The summed E-state index contributed by atoms with van der Waals surface area (Å²) in [6, 6.07) is 11.8. The van der Waals surface area contributed by atoms with E-state index in [1.807, 2.05) is 25.2 Å². The molecule has 16 nitrogen and oxygen atoms in total. The maximum absolute atomic E-state index is 15.4. The molecule has 17 heteroatoms. The number of nitrogens with zero attached hydrogens (tertiary/aromatic N) is 8. The van der Waals surface area contributed by atoms with Crippen molar-refractivity contribution in [1.82, 2.24) is 34.2 Å². The smallest absolute Gasteiger partial charge is 0.276 e. The number of rotatable bonds is 10. The van der Waals surface area contributed by atoms with Crippen LogP contribution in [-0.2, 0) is 55.7 Å². The number of pyridine rings is 3. The van der Waals surface area contributed by atoms with E-state index in [4.69, 9.17) is 0 Å². The molecule has 5 aromatic rings. The molecule has 0 saturated carbocycles. The third kappa shape index (κ3) is 7.72. The number of aryl methyl sites for hydroxylation is 1. The van der Waals surface area contributed by atoms with Gasteiger partial charge >= 0.3 is 0 Å². The Morgan fingerprint density at radius 2 is 1.73 bits per heavy atom. The number of amides is 4. The summed E-state index contributed by atoms with van der Waals surface area (Å²) in [7, 11) is 3.63. The minimum Gasteiger partial charge on any atom is -0.392 e. The lowest BCUT2D eigenvalue weighted by Gasteiger charge is -2.37. The Labute approximate surface area is 381 Å². The molecule has 2 fully saturated rings. The number of hydrogen-bond acceptors (Lipinski definition) is 11. The molecule has 8 heterocycles. The predicted molar refractivity (Wildman–Crippen MR) is 245 cm³/mol. The Morgan fingerprint density at radius 1 is 0.924 bits per heavy atom. The van der Waals surface area contributed by atoms with Crippen molar-refractivity contribution in [3.05, 3.63) is 116 Å². The minimum absolute atomic E-state index is 0.128. The van der Waals surface area contributed by atoms with Gasteiger partial charge in [-0.1, -0.05) is 13.8 Å². The van der Waals surface area contributed by atoms with E-state index in [-0.39, 0.29) is 60.7 Å². The van der Waals surface area contributed by atoms with E-state index in [0.29, 0.717) is 76.0 Å². The van der Waals surface area contributed by atoms with Gasteiger partial charge in [0, 0.05) is 99.1 Å². The van der Waals surface area contributed by atoms with Crippen molar-refractivity contribution in [3.63, 3.8) is 0 Å². The van der Waals surface area contributed by atoms with Crippen LogP contribution < -0.4 is 26.0 Å². The zero-order valence-corrected chi connectivity index (χ0v) is 37.6. The highest BCUT2D eigenvalue weighted by atomic mass is 19.1. The summed E-state index contributed by atoms with van der Waals surface area (Å²) < 4.78 is 19.1. The number of carbonyl (C=O) groups is 4. The van der Waals surface area contributed by atoms with Gasteiger partial charge in [-0.2, -0.15) is 0 Å². The van der Waals surface area contributed by atoms with E-state index >= 15 is 4.39 Å². The number of aliphatic hydroxyl groups is 1. The Kier molecular flexibility index (Phi) is 10.9. The number of aliphatic hydroxyl groups excluding tert-OH is 1. The summed E-state index contributed by atoms with van der Waals surface area (Å²) in [5, 5.41) is 16.3. The first-order valence-corrected chi connectivity index (χ1v) is 22.6. The van der Waals surface area contributed by atoms with Crippen LogP contribution in [0.15, 0.2) is 65.8 Å². The molecule has 2 saturated heterocycles. The summed E-state index contributed by atoms with van der Waals surface area (Å²) in [4.78, 5) is 81.6. The van der Waals surface area contributed by atoms with Crippen LogP contribution in [0.2, 0.25) is 0 Å². The number of imide groups is 1. The number of nitrogens with one attached hydrogen (secondary N) is 2. The van der Waals surface area contributed by atoms with Gasteiger partial charge in [-0.3, -0.25) is 39.1 Å². The number of anilines is 4. The first-order valence-electron chi connectivity index (χ1n) is 22.6. The zero-order chi connectivity index (χ0) is 46.2. The van der Waals surface area contributed by atoms with Gasteiger partial charge in [0.15, 0.2) is 0 Å². The molecule has 0 spiro atoms. The van der Waals surface area contributed by atoms with E-state index in [0.717, 1.165) is 44.5 Å². The van der Waals surface area contributed by atoms with Gasteiger partial charge in [0.1, 0.15) is 34.9 Å². The highest BCUT2D eigenvalue weighted by molar-refractivity contribution is 6.07. The lowest BCUT2D eigenvalue weighted by molar-refractivity contribution is -0.136. The van der Waals surface area contributed by atoms with Gasteiger partial charge in [0.05, 0.1) is 18.5 Å². The molecular formula is C49H53FN10O6. The van der Waals surface area contributed by atoms with Crippen LogP contribution in [0.3, 0.4) is 0 Å². The third-order valence-electron chi connectivity index (χ3n) is 14.1. The summed E-state index contributed by atoms with van der Waals surface area (Å²) in [5.41, 5.74) is 7.40. The van der Waals surface area contributed by atoms with Gasteiger partial charge in [0.2, 0.25) is 11.8 Å². The molecule has 0 bridgehead atoms. The number of carbonyl (C=O) groups excluding carboxylic acids is 4. The summed E-state index contributed by atoms with van der Waals surface area (Å²) >= 11 is 0. The van der Waals surface area contributed by atoms with Crippen LogP contribution >= 0.6 is 0 Å². The SMILES string of the molecule is CN(Cc1cc2c(cc1F)CN(C1CCC(=O)NC1=O)C2=O)C1CCN(c2ccc(Nc3cc(-c4ccnc(N5CCn6c(cc7c6CC(C)(C)C7)C5=O)c4CO)cn(C)c3=O)nc2)CC1. The monoisotopic (exact) mass is 896 g/mol. The number of fused-ring (bicyclic) bond motifs is 4. The quantitative estimate of drug-likeness (QED) is 0.166. The third-order valence-corrected chi connectivity index (χ3v) is 14.1. The predicted octanol–water partition coefficient (Wildman–Crippen LogP) is 4.67. The number of piperidine rings is 2. The van der Waals surface area contributed by atoms with Crippen LogP contribution in [0.5, 0.6) is 0 Å². The Hall–Kier alpha value is -6.72. The Balaban J connectivity index is 0.782. The lowest BCUT2D eigenvalue weighted by atomic mass is 9.90. The number of benzene rings is 1. The fourth-order valence-electron chi connectivity index (χ4n) is 10.7. The van der Waals surface area contributed by atoms with E-state index in [1.54, 1.807) is 48.7 Å². The number of aromatic nitrogens is 4. The number of hydrogen-bond donors (Lipinski definition) is 3. The van der Waals surface area contributed by atoms with Crippen LogP contribution in [0, 0.1) is 11.2 Å². The second kappa shape index (κ2) is 16.6. The molecule has 5 aliphatic rings. The molecule has 0 radical (unpaired) electrons. The highest BCUT2D eigenvalue weighted by Gasteiger charge is 2.41. The molecule has 1 aliphatic carbocycles. The number of halogens is 1. The molecule has 4 amide bonds. The van der Waals surface area contributed by atoms with Crippen molar-refractivity contribution < 1.29 is 28.7 Å². The van der Waals surface area contributed by atoms with Crippen molar-refractivity contribution >= 4 is 46.6 Å². The summed E-state index contributed by atoms with van der Waals surface area (Å²) in [5.74, 6) is -0.837.